The van der Waals surface area contributed by atoms with Gasteiger partial charge in [0, 0.05) is 23.1 Å². The summed E-state index contributed by atoms with van der Waals surface area (Å²) in [6.07, 6.45) is 2.90. The Bertz CT molecular complexity index is 728. The average molecular weight is 263 g/mol. The van der Waals surface area contributed by atoms with E-state index in [9.17, 15) is 4.79 Å². The minimum atomic E-state index is -0.198. The molecule has 3 rings (SSSR count). The van der Waals surface area contributed by atoms with Crippen molar-refractivity contribution in [3.05, 3.63) is 77.3 Å². The summed E-state index contributed by atoms with van der Waals surface area (Å²) in [6.45, 7) is 0. The number of nitrogens with one attached hydrogen (secondary N) is 2. The van der Waals surface area contributed by atoms with Gasteiger partial charge in [0.1, 0.15) is 0 Å². The van der Waals surface area contributed by atoms with Crippen molar-refractivity contribution in [3.63, 3.8) is 0 Å². The number of hydrogen-bond acceptors (Lipinski definition) is 3. The average Bonchev–Trinajstić information content (AvgIpc) is 2.50. The van der Waals surface area contributed by atoms with E-state index in [1.807, 2.05) is 54.6 Å². The lowest BCUT2D eigenvalue weighted by molar-refractivity contribution is 1.14. The van der Waals surface area contributed by atoms with E-state index in [4.69, 9.17) is 0 Å². The summed E-state index contributed by atoms with van der Waals surface area (Å²) in [6, 6.07) is 17.9. The highest BCUT2D eigenvalue weighted by atomic mass is 16.1. The predicted octanol–water partition coefficient (Wildman–Crippen LogP) is 3.18. The van der Waals surface area contributed by atoms with Gasteiger partial charge in [-0.1, -0.05) is 30.3 Å². The van der Waals surface area contributed by atoms with Crippen molar-refractivity contribution in [2.75, 3.05) is 5.32 Å². The van der Waals surface area contributed by atoms with Gasteiger partial charge in [0.2, 0.25) is 0 Å². The minimum absolute atomic E-state index is 0.198. The van der Waals surface area contributed by atoms with Gasteiger partial charge in [-0.25, -0.2) is 4.98 Å². The van der Waals surface area contributed by atoms with E-state index in [0.717, 1.165) is 22.6 Å². The van der Waals surface area contributed by atoms with Crippen molar-refractivity contribution in [1.29, 1.82) is 0 Å². The molecular weight excluding hydrogens is 250 g/mol. The van der Waals surface area contributed by atoms with E-state index in [1.165, 1.54) is 6.20 Å². The van der Waals surface area contributed by atoms with Crippen LogP contribution >= 0.6 is 0 Å². The third kappa shape index (κ3) is 2.75. The van der Waals surface area contributed by atoms with Gasteiger partial charge < -0.3 is 10.3 Å². The largest absolute Gasteiger partial charge is 0.356 e. The highest BCUT2D eigenvalue weighted by Gasteiger charge is 2.00. The molecule has 1 heterocycles. The molecule has 0 bridgehead atoms. The maximum atomic E-state index is 11.0. The molecule has 2 N–H and O–H groups in total. The molecule has 98 valence electrons. The first-order chi connectivity index (χ1) is 9.81. The number of aromatic nitrogens is 2. The maximum absolute atomic E-state index is 11.0. The molecule has 0 saturated heterocycles. The molecule has 0 unspecified atom stereocenters. The number of hydrogen-bond donors (Lipinski definition) is 2. The maximum Gasteiger partial charge on any atom is 0.266 e. The Hall–Kier alpha value is -2.88. The van der Waals surface area contributed by atoms with Crippen LogP contribution < -0.4 is 10.9 Å². The van der Waals surface area contributed by atoms with E-state index in [2.05, 4.69) is 15.3 Å². The molecule has 0 spiro atoms. The Kier molecular flexibility index (Phi) is 3.29. The molecule has 0 aliphatic heterocycles. The molecule has 0 atom stereocenters. The van der Waals surface area contributed by atoms with Gasteiger partial charge in [-0.2, -0.15) is 0 Å². The Morgan fingerprint density at radius 2 is 1.60 bits per heavy atom. The molecule has 0 saturated carbocycles. The van der Waals surface area contributed by atoms with E-state index < -0.39 is 0 Å². The normalized spacial score (nSPS) is 10.2. The van der Waals surface area contributed by atoms with E-state index >= 15 is 0 Å². The predicted molar refractivity (Wildman–Crippen MR) is 80.0 cm³/mol. The summed E-state index contributed by atoms with van der Waals surface area (Å²) in [5, 5.41) is 3.31. The zero-order valence-electron chi connectivity index (χ0n) is 10.7. The van der Waals surface area contributed by atoms with Crippen LogP contribution in [0.2, 0.25) is 0 Å². The summed E-state index contributed by atoms with van der Waals surface area (Å²) < 4.78 is 0. The summed E-state index contributed by atoms with van der Waals surface area (Å²) in [4.78, 5) is 17.7. The molecule has 1 aromatic heterocycles. The molecule has 0 amide bonds. The fourth-order valence-corrected chi connectivity index (χ4v) is 1.91. The zero-order valence-corrected chi connectivity index (χ0v) is 10.7. The third-order valence-electron chi connectivity index (χ3n) is 2.92. The van der Waals surface area contributed by atoms with Crippen molar-refractivity contribution in [2.45, 2.75) is 0 Å². The van der Waals surface area contributed by atoms with E-state index in [-0.39, 0.29) is 5.56 Å². The van der Waals surface area contributed by atoms with Crippen LogP contribution in [0.25, 0.3) is 11.3 Å². The third-order valence-corrected chi connectivity index (χ3v) is 2.92. The second kappa shape index (κ2) is 5.40. The quantitative estimate of drug-likeness (QED) is 0.763. The Morgan fingerprint density at radius 1 is 0.900 bits per heavy atom. The second-order valence-electron chi connectivity index (χ2n) is 4.36. The van der Waals surface area contributed by atoms with Crippen molar-refractivity contribution in [1.82, 2.24) is 9.97 Å². The van der Waals surface area contributed by atoms with Crippen LogP contribution in [0, 0.1) is 0 Å². The highest BCUT2D eigenvalue weighted by molar-refractivity contribution is 5.65. The summed E-state index contributed by atoms with van der Waals surface area (Å²) in [5.41, 5.74) is 3.55. The molecule has 0 radical (unpaired) electrons. The number of para-hydroxylation sites is 1. The smallest absolute Gasteiger partial charge is 0.266 e. The Labute approximate surface area is 116 Å². The number of anilines is 2. The Morgan fingerprint density at radius 3 is 2.25 bits per heavy atom. The van der Waals surface area contributed by atoms with Gasteiger partial charge in [-0.3, -0.25) is 4.79 Å². The van der Waals surface area contributed by atoms with Crippen LogP contribution in [0.5, 0.6) is 0 Å². The number of rotatable bonds is 3. The number of benzene rings is 2. The van der Waals surface area contributed by atoms with E-state index in [0.29, 0.717) is 0 Å². The first kappa shape index (κ1) is 12.2. The van der Waals surface area contributed by atoms with Crippen LogP contribution in [-0.4, -0.2) is 9.97 Å². The van der Waals surface area contributed by atoms with Gasteiger partial charge >= 0.3 is 0 Å². The van der Waals surface area contributed by atoms with E-state index in [1.54, 1.807) is 6.20 Å². The van der Waals surface area contributed by atoms with Crippen molar-refractivity contribution >= 4 is 11.4 Å². The molecule has 4 nitrogen and oxygen atoms in total. The molecule has 3 aromatic rings. The number of H-pyrrole nitrogens is 1. The molecule has 0 fully saturated rings. The molecule has 2 aromatic carbocycles. The van der Waals surface area contributed by atoms with Crippen LogP contribution in [-0.2, 0) is 0 Å². The van der Waals surface area contributed by atoms with Gasteiger partial charge in [-0.05, 0) is 24.3 Å². The van der Waals surface area contributed by atoms with Gasteiger partial charge in [0.05, 0.1) is 11.9 Å². The zero-order chi connectivity index (χ0) is 13.8. The molecular formula is C16H13N3O. The fourth-order valence-electron chi connectivity index (χ4n) is 1.91. The molecule has 0 aliphatic carbocycles. The standard InChI is InChI=1S/C16H13N3O/c20-16-11-17-15(10-18-16)12-6-8-14(9-7-12)19-13-4-2-1-3-5-13/h1-11,19H,(H,18,20). The lowest BCUT2D eigenvalue weighted by Gasteiger charge is -2.07. The topological polar surface area (TPSA) is 57.8 Å². The highest BCUT2D eigenvalue weighted by Crippen LogP contribution is 2.20. The van der Waals surface area contributed by atoms with Crippen molar-refractivity contribution in [3.8, 4) is 11.3 Å². The monoisotopic (exact) mass is 263 g/mol. The summed E-state index contributed by atoms with van der Waals surface area (Å²) >= 11 is 0. The SMILES string of the molecule is O=c1cnc(-c2ccc(Nc3ccccc3)cc2)c[nH]1. The Balaban J connectivity index is 1.81. The van der Waals surface area contributed by atoms with Crippen LogP contribution in [0.3, 0.4) is 0 Å². The molecule has 0 aliphatic rings. The summed E-state index contributed by atoms with van der Waals surface area (Å²) in [5.74, 6) is 0. The molecule has 4 heteroatoms. The summed E-state index contributed by atoms with van der Waals surface area (Å²) in [7, 11) is 0. The second-order valence-corrected chi connectivity index (χ2v) is 4.36. The van der Waals surface area contributed by atoms with Crippen LogP contribution in [0.1, 0.15) is 0 Å². The lowest BCUT2D eigenvalue weighted by atomic mass is 10.1. The number of nitrogens with zero attached hydrogens (tertiary/aromatic N) is 1. The van der Waals surface area contributed by atoms with Gasteiger partial charge in [0.15, 0.2) is 0 Å². The van der Waals surface area contributed by atoms with Crippen LogP contribution in [0.4, 0.5) is 11.4 Å². The minimum Gasteiger partial charge on any atom is -0.356 e. The van der Waals surface area contributed by atoms with Gasteiger partial charge in [0.25, 0.3) is 5.56 Å². The first-order valence-electron chi connectivity index (χ1n) is 6.28. The first-order valence-corrected chi connectivity index (χ1v) is 6.28. The fraction of sp³-hybridized carbons (Fsp3) is 0. The molecule has 20 heavy (non-hydrogen) atoms. The van der Waals surface area contributed by atoms with Crippen molar-refractivity contribution < 1.29 is 0 Å². The van der Waals surface area contributed by atoms with Crippen LogP contribution in [0.15, 0.2) is 71.8 Å². The lowest BCUT2D eigenvalue weighted by Crippen LogP contribution is -2.04. The van der Waals surface area contributed by atoms with Gasteiger partial charge in [-0.15, -0.1) is 0 Å². The number of aromatic amines is 1. The van der Waals surface area contributed by atoms with Crippen molar-refractivity contribution in [2.24, 2.45) is 0 Å².